The number of benzene rings is 1. The Morgan fingerprint density at radius 2 is 2.05 bits per heavy atom. The predicted octanol–water partition coefficient (Wildman–Crippen LogP) is 1.51. The molecule has 2 rings (SSSR count). The molecule has 0 saturated carbocycles. The topological polar surface area (TPSA) is 66.5 Å². The quantitative estimate of drug-likeness (QED) is 0.859. The fraction of sp³-hybridized carbons (Fsp3) is 0.400. The van der Waals surface area contributed by atoms with Crippen LogP contribution in [0, 0.1) is 18.7 Å². The number of carbonyl (C=O) groups excluding carboxylic acids is 3. The third-order valence-corrected chi connectivity index (χ3v) is 3.57. The van der Waals surface area contributed by atoms with Crippen molar-refractivity contribution in [3.8, 4) is 0 Å². The SMILES string of the molecule is CC(=O)C(=O)N1CC[C@H](C(=O)Nc2ccc(F)c(C)c2)C1. The van der Waals surface area contributed by atoms with Crippen LogP contribution >= 0.6 is 0 Å². The van der Waals surface area contributed by atoms with Crippen molar-refractivity contribution in [3.05, 3.63) is 29.6 Å². The molecule has 1 atom stereocenters. The molecule has 1 aromatic rings. The summed E-state index contributed by atoms with van der Waals surface area (Å²) in [5, 5.41) is 2.71. The molecule has 2 amide bonds. The third kappa shape index (κ3) is 3.45. The Balaban J connectivity index is 1.97. The van der Waals surface area contributed by atoms with E-state index in [1.54, 1.807) is 13.0 Å². The summed E-state index contributed by atoms with van der Waals surface area (Å²) >= 11 is 0. The van der Waals surface area contributed by atoms with Gasteiger partial charge in [0.05, 0.1) is 5.92 Å². The summed E-state index contributed by atoms with van der Waals surface area (Å²) in [5.41, 5.74) is 0.975. The fourth-order valence-corrected chi connectivity index (χ4v) is 2.35. The fourth-order valence-electron chi connectivity index (χ4n) is 2.35. The molecule has 1 heterocycles. The lowest BCUT2D eigenvalue weighted by Gasteiger charge is -2.14. The first-order valence-corrected chi connectivity index (χ1v) is 6.75. The first-order chi connectivity index (χ1) is 9.88. The summed E-state index contributed by atoms with van der Waals surface area (Å²) in [4.78, 5) is 36.1. The summed E-state index contributed by atoms with van der Waals surface area (Å²) < 4.78 is 13.2. The van der Waals surface area contributed by atoms with Crippen molar-refractivity contribution in [1.82, 2.24) is 4.90 Å². The molecule has 1 aliphatic rings. The highest BCUT2D eigenvalue weighted by molar-refractivity contribution is 6.35. The monoisotopic (exact) mass is 292 g/mol. The summed E-state index contributed by atoms with van der Waals surface area (Å²) in [6, 6.07) is 4.35. The third-order valence-electron chi connectivity index (χ3n) is 3.57. The Kier molecular flexibility index (Phi) is 4.35. The molecule has 1 aliphatic heterocycles. The number of halogens is 1. The summed E-state index contributed by atoms with van der Waals surface area (Å²) in [5.74, 6) is -1.97. The number of carbonyl (C=O) groups is 3. The highest BCUT2D eigenvalue weighted by Gasteiger charge is 2.32. The number of hydrogen-bond donors (Lipinski definition) is 1. The summed E-state index contributed by atoms with van der Waals surface area (Å²) in [6.07, 6.45) is 0.519. The number of anilines is 1. The number of hydrogen-bond acceptors (Lipinski definition) is 3. The minimum atomic E-state index is -0.553. The second-order valence-electron chi connectivity index (χ2n) is 5.25. The standard InChI is InChI=1S/C15H17FN2O3/c1-9-7-12(3-4-13(9)16)17-14(20)11-5-6-18(8-11)15(21)10(2)19/h3-4,7,11H,5-6,8H2,1-2H3,(H,17,20)/t11-/m0/s1. The predicted molar refractivity (Wildman–Crippen MR) is 75.1 cm³/mol. The van der Waals surface area contributed by atoms with E-state index in [9.17, 15) is 18.8 Å². The lowest BCUT2D eigenvalue weighted by atomic mass is 10.1. The molecule has 0 aromatic heterocycles. The molecule has 0 bridgehead atoms. The van der Waals surface area contributed by atoms with Crippen LogP contribution in [0.25, 0.3) is 0 Å². The number of rotatable bonds is 3. The molecule has 5 nitrogen and oxygen atoms in total. The van der Waals surface area contributed by atoms with Crippen molar-refractivity contribution in [3.63, 3.8) is 0 Å². The number of Topliss-reactive ketones (excluding diaryl/α,β-unsaturated/α-hetero) is 1. The molecule has 0 aliphatic carbocycles. The lowest BCUT2D eigenvalue weighted by Crippen LogP contribution is -2.35. The van der Waals surface area contributed by atoms with Crippen molar-refractivity contribution in [2.45, 2.75) is 20.3 Å². The number of nitrogens with zero attached hydrogens (tertiary/aromatic N) is 1. The van der Waals surface area contributed by atoms with Gasteiger partial charge in [-0.25, -0.2) is 4.39 Å². The Morgan fingerprint density at radius 1 is 1.33 bits per heavy atom. The largest absolute Gasteiger partial charge is 0.335 e. The van der Waals surface area contributed by atoms with E-state index in [0.29, 0.717) is 24.2 Å². The second-order valence-corrected chi connectivity index (χ2v) is 5.25. The highest BCUT2D eigenvalue weighted by Crippen LogP contribution is 2.20. The zero-order valence-corrected chi connectivity index (χ0v) is 12.0. The average Bonchev–Trinajstić information content (AvgIpc) is 2.91. The van der Waals surface area contributed by atoms with Crippen LogP contribution in [-0.2, 0) is 14.4 Å². The van der Waals surface area contributed by atoms with Gasteiger partial charge in [-0.05, 0) is 37.1 Å². The van der Waals surface area contributed by atoms with Crippen LogP contribution < -0.4 is 5.32 Å². The number of ketones is 1. The van der Waals surface area contributed by atoms with E-state index < -0.39 is 11.7 Å². The van der Waals surface area contributed by atoms with E-state index in [2.05, 4.69) is 5.32 Å². The maximum Gasteiger partial charge on any atom is 0.289 e. The van der Waals surface area contributed by atoms with Gasteiger partial charge in [0.15, 0.2) is 0 Å². The zero-order valence-electron chi connectivity index (χ0n) is 12.0. The Bertz CT molecular complexity index is 601. The van der Waals surface area contributed by atoms with Gasteiger partial charge in [0.2, 0.25) is 11.7 Å². The van der Waals surface area contributed by atoms with Gasteiger partial charge in [-0.3, -0.25) is 14.4 Å². The lowest BCUT2D eigenvalue weighted by molar-refractivity contribution is -0.143. The molecular weight excluding hydrogens is 275 g/mol. The second kappa shape index (κ2) is 6.03. The minimum Gasteiger partial charge on any atom is -0.335 e. The Labute approximate surface area is 122 Å². The van der Waals surface area contributed by atoms with Crippen molar-refractivity contribution < 1.29 is 18.8 Å². The van der Waals surface area contributed by atoms with Crippen LogP contribution in [0.3, 0.4) is 0 Å². The molecule has 0 radical (unpaired) electrons. The van der Waals surface area contributed by atoms with E-state index in [0.717, 1.165) is 0 Å². The van der Waals surface area contributed by atoms with Crippen LogP contribution in [0.15, 0.2) is 18.2 Å². The molecule has 1 saturated heterocycles. The molecule has 6 heteroatoms. The molecule has 1 N–H and O–H groups in total. The van der Waals surface area contributed by atoms with Gasteiger partial charge in [-0.2, -0.15) is 0 Å². The van der Waals surface area contributed by atoms with E-state index >= 15 is 0 Å². The maximum absolute atomic E-state index is 13.2. The summed E-state index contributed by atoms with van der Waals surface area (Å²) in [7, 11) is 0. The number of likely N-dealkylation sites (tertiary alicyclic amines) is 1. The smallest absolute Gasteiger partial charge is 0.289 e. The van der Waals surface area contributed by atoms with Crippen LogP contribution in [0.4, 0.5) is 10.1 Å². The van der Waals surface area contributed by atoms with Crippen molar-refractivity contribution in [2.24, 2.45) is 5.92 Å². The molecule has 0 spiro atoms. The van der Waals surface area contributed by atoms with Crippen molar-refractivity contribution in [2.75, 3.05) is 18.4 Å². The Morgan fingerprint density at radius 3 is 2.67 bits per heavy atom. The molecule has 21 heavy (non-hydrogen) atoms. The zero-order chi connectivity index (χ0) is 15.6. The van der Waals surface area contributed by atoms with Crippen LogP contribution in [-0.4, -0.2) is 35.6 Å². The molecular formula is C15H17FN2O3. The molecule has 1 aromatic carbocycles. The van der Waals surface area contributed by atoms with E-state index in [1.807, 2.05) is 0 Å². The Hall–Kier alpha value is -2.24. The van der Waals surface area contributed by atoms with Crippen molar-refractivity contribution in [1.29, 1.82) is 0 Å². The minimum absolute atomic E-state index is 0.222. The average molecular weight is 292 g/mol. The van der Waals surface area contributed by atoms with E-state index in [1.165, 1.54) is 24.0 Å². The van der Waals surface area contributed by atoms with Gasteiger partial charge in [0, 0.05) is 25.7 Å². The highest BCUT2D eigenvalue weighted by atomic mass is 19.1. The number of aryl methyl sites for hydroxylation is 1. The first-order valence-electron chi connectivity index (χ1n) is 6.75. The normalized spacial score (nSPS) is 17.7. The van der Waals surface area contributed by atoms with Crippen LogP contribution in [0.2, 0.25) is 0 Å². The van der Waals surface area contributed by atoms with Gasteiger partial charge in [-0.1, -0.05) is 0 Å². The molecule has 0 unspecified atom stereocenters. The molecule has 112 valence electrons. The van der Waals surface area contributed by atoms with E-state index in [4.69, 9.17) is 0 Å². The summed E-state index contributed by atoms with van der Waals surface area (Å²) in [6.45, 7) is 3.48. The molecule has 1 fully saturated rings. The van der Waals surface area contributed by atoms with Gasteiger partial charge in [0.25, 0.3) is 5.91 Å². The number of nitrogens with one attached hydrogen (secondary N) is 1. The van der Waals surface area contributed by atoms with Gasteiger partial charge in [-0.15, -0.1) is 0 Å². The van der Waals surface area contributed by atoms with Crippen LogP contribution in [0.5, 0.6) is 0 Å². The maximum atomic E-state index is 13.2. The van der Waals surface area contributed by atoms with Crippen molar-refractivity contribution >= 4 is 23.3 Å². The number of amides is 2. The van der Waals surface area contributed by atoms with Crippen LogP contribution in [0.1, 0.15) is 18.9 Å². The first kappa shape index (κ1) is 15.2. The van der Waals surface area contributed by atoms with E-state index in [-0.39, 0.29) is 24.2 Å². The van der Waals surface area contributed by atoms with Gasteiger partial charge < -0.3 is 10.2 Å². The van der Waals surface area contributed by atoms with Gasteiger partial charge in [0.1, 0.15) is 5.82 Å². The van der Waals surface area contributed by atoms with Gasteiger partial charge >= 0.3 is 0 Å².